The summed E-state index contributed by atoms with van der Waals surface area (Å²) in [6.07, 6.45) is 0. The molecule has 0 aliphatic rings. The zero-order valence-electron chi connectivity index (χ0n) is 12.5. The van der Waals surface area contributed by atoms with Gasteiger partial charge in [0.15, 0.2) is 0 Å². The molecule has 4 heteroatoms. The molecule has 0 aliphatic carbocycles. The van der Waals surface area contributed by atoms with Crippen molar-refractivity contribution in [2.24, 2.45) is 5.84 Å². The van der Waals surface area contributed by atoms with Gasteiger partial charge in [0.25, 0.3) is 0 Å². The fourth-order valence-corrected chi connectivity index (χ4v) is 2.50. The number of nitrogens with one attached hydrogen (secondary N) is 1. The van der Waals surface area contributed by atoms with E-state index in [0.717, 1.165) is 11.1 Å². The standard InChI is InChI=1S/C17H20BrFN2/c1-17(2,3)13-7-4-11(5-8-13)16(21-20)12-6-9-14(18)15(19)10-12/h4-10,16,21H,20H2,1-3H3. The number of halogens is 2. The monoisotopic (exact) mass is 350 g/mol. The summed E-state index contributed by atoms with van der Waals surface area (Å²) in [5.41, 5.74) is 5.92. The summed E-state index contributed by atoms with van der Waals surface area (Å²) in [6, 6.07) is 13.1. The maximum absolute atomic E-state index is 13.7. The molecule has 0 saturated carbocycles. The van der Waals surface area contributed by atoms with Crippen LogP contribution in [0.1, 0.15) is 43.5 Å². The van der Waals surface area contributed by atoms with Gasteiger partial charge in [0, 0.05) is 0 Å². The van der Waals surface area contributed by atoms with Gasteiger partial charge in [0.1, 0.15) is 5.82 Å². The Balaban J connectivity index is 2.35. The summed E-state index contributed by atoms with van der Waals surface area (Å²) in [5.74, 6) is 5.37. The predicted molar refractivity (Wildman–Crippen MR) is 88.4 cm³/mol. The van der Waals surface area contributed by atoms with Gasteiger partial charge < -0.3 is 0 Å². The highest BCUT2D eigenvalue weighted by Gasteiger charge is 2.17. The van der Waals surface area contributed by atoms with Crippen LogP contribution in [0.4, 0.5) is 4.39 Å². The summed E-state index contributed by atoms with van der Waals surface area (Å²) >= 11 is 3.16. The Morgan fingerprint density at radius 1 is 1.05 bits per heavy atom. The average molecular weight is 351 g/mol. The van der Waals surface area contributed by atoms with E-state index in [4.69, 9.17) is 5.84 Å². The highest BCUT2D eigenvalue weighted by Crippen LogP contribution is 2.28. The van der Waals surface area contributed by atoms with Gasteiger partial charge in [-0.25, -0.2) is 9.82 Å². The molecule has 21 heavy (non-hydrogen) atoms. The second kappa shape index (κ2) is 6.26. The van der Waals surface area contributed by atoms with Crippen LogP contribution in [0.15, 0.2) is 46.9 Å². The normalized spacial score (nSPS) is 13.2. The first-order valence-electron chi connectivity index (χ1n) is 6.84. The summed E-state index contributed by atoms with van der Waals surface area (Å²) in [6.45, 7) is 6.51. The summed E-state index contributed by atoms with van der Waals surface area (Å²) < 4.78 is 14.1. The van der Waals surface area contributed by atoms with Gasteiger partial charge in [-0.1, -0.05) is 51.1 Å². The molecule has 2 aromatic rings. The maximum atomic E-state index is 13.7. The summed E-state index contributed by atoms with van der Waals surface area (Å²) in [5, 5.41) is 0. The van der Waals surface area contributed by atoms with Gasteiger partial charge in [0.2, 0.25) is 0 Å². The molecule has 112 valence electrons. The molecule has 3 N–H and O–H groups in total. The molecule has 2 nitrogen and oxygen atoms in total. The van der Waals surface area contributed by atoms with Gasteiger partial charge in [-0.05, 0) is 50.2 Å². The second-order valence-corrected chi connectivity index (χ2v) is 7.00. The third kappa shape index (κ3) is 3.70. The lowest BCUT2D eigenvalue weighted by Gasteiger charge is -2.21. The van der Waals surface area contributed by atoms with Gasteiger partial charge >= 0.3 is 0 Å². The number of benzene rings is 2. The van der Waals surface area contributed by atoms with Crippen LogP contribution in [0, 0.1) is 5.82 Å². The minimum atomic E-state index is -0.293. The number of nitrogens with two attached hydrogens (primary N) is 1. The van der Waals surface area contributed by atoms with Crippen LogP contribution in [0.25, 0.3) is 0 Å². The molecule has 2 aromatic carbocycles. The van der Waals surface area contributed by atoms with E-state index in [1.165, 1.54) is 11.6 Å². The van der Waals surface area contributed by atoms with Gasteiger partial charge in [-0.15, -0.1) is 0 Å². The van der Waals surface area contributed by atoms with Crippen LogP contribution in [-0.4, -0.2) is 0 Å². The summed E-state index contributed by atoms with van der Waals surface area (Å²) in [7, 11) is 0. The van der Waals surface area contributed by atoms with Crippen molar-refractivity contribution in [1.29, 1.82) is 0 Å². The molecule has 0 radical (unpaired) electrons. The molecule has 0 amide bonds. The number of rotatable bonds is 3. The van der Waals surface area contributed by atoms with E-state index < -0.39 is 0 Å². The van der Waals surface area contributed by atoms with Gasteiger partial charge in [0.05, 0.1) is 10.5 Å². The van der Waals surface area contributed by atoms with E-state index in [1.54, 1.807) is 6.07 Å². The number of hydrazine groups is 1. The first kappa shape index (κ1) is 16.1. The molecule has 1 unspecified atom stereocenters. The average Bonchev–Trinajstić information content (AvgIpc) is 2.43. The molecule has 0 spiro atoms. The van der Waals surface area contributed by atoms with E-state index in [1.807, 2.05) is 18.2 Å². The molecule has 0 saturated heterocycles. The largest absolute Gasteiger partial charge is 0.271 e. The number of hydrogen-bond acceptors (Lipinski definition) is 2. The van der Waals surface area contributed by atoms with Crippen molar-refractivity contribution in [3.63, 3.8) is 0 Å². The molecule has 0 heterocycles. The zero-order valence-corrected chi connectivity index (χ0v) is 14.0. The quantitative estimate of drug-likeness (QED) is 0.634. The lowest BCUT2D eigenvalue weighted by Crippen LogP contribution is -2.29. The van der Waals surface area contributed by atoms with Crippen LogP contribution in [0.5, 0.6) is 0 Å². The van der Waals surface area contributed by atoms with Crippen molar-refractivity contribution in [1.82, 2.24) is 5.43 Å². The van der Waals surface area contributed by atoms with Crippen LogP contribution in [0.3, 0.4) is 0 Å². The minimum Gasteiger partial charge on any atom is -0.271 e. The fourth-order valence-electron chi connectivity index (χ4n) is 2.25. The Kier molecular flexibility index (Phi) is 4.81. The van der Waals surface area contributed by atoms with Crippen molar-refractivity contribution in [2.75, 3.05) is 0 Å². The Hall–Kier alpha value is -1.23. The second-order valence-electron chi connectivity index (χ2n) is 6.15. The molecule has 0 fully saturated rings. The fraction of sp³-hybridized carbons (Fsp3) is 0.294. The molecule has 2 rings (SSSR count). The summed E-state index contributed by atoms with van der Waals surface area (Å²) in [4.78, 5) is 0. The van der Waals surface area contributed by atoms with Crippen molar-refractivity contribution in [2.45, 2.75) is 32.2 Å². The Morgan fingerprint density at radius 3 is 2.10 bits per heavy atom. The Bertz CT molecular complexity index is 618. The van der Waals surface area contributed by atoms with Crippen LogP contribution in [-0.2, 0) is 5.41 Å². The molecule has 0 aliphatic heterocycles. The first-order valence-corrected chi connectivity index (χ1v) is 7.64. The van der Waals surface area contributed by atoms with Gasteiger partial charge in [-0.2, -0.15) is 0 Å². The highest BCUT2D eigenvalue weighted by molar-refractivity contribution is 9.10. The zero-order chi connectivity index (χ0) is 15.6. The van der Waals surface area contributed by atoms with E-state index in [2.05, 4.69) is 54.3 Å². The lowest BCUT2D eigenvalue weighted by atomic mass is 9.86. The predicted octanol–water partition coefficient (Wildman–Crippen LogP) is 4.44. The van der Waals surface area contributed by atoms with Crippen LogP contribution in [0.2, 0.25) is 0 Å². The smallest absolute Gasteiger partial charge is 0.137 e. The van der Waals surface area contributed by atoms with E-state index >= 15 is 0 Å². The number of hydrogen-bond donors (Lipinski definition) is 2. The Morgan fingerprint density at radius 2 is 1.62 bits per heavy atom. The van der Waals surface area contributed by atoms with E-state index in [9.17, 15) is 4.39 Å². The third-order valence-corrected chi connectivity index (χ3v) is 4.20. The van der Waals surface area contributed by atoms with Crippen molar-refractivity contribution in [3.05, 3.63) is 69.4 Å². The Labute approximate surface area is 133 Å². The minimum absolute atomic E-state index is 0.105. The molecular formula is C17H20BrFN2. The van der Waals surface area contributed by atoms with Crippen LogP contribution >= 0.6 is 15.9 Å². The van der Waals surface area contributed by atoms with Crippen molar-refractivity contribution >= 4 is 15.9 Å². The maximum Gasteiger partial charge on any atom is 0.137 e. The van der Waals surface area contributed by atoms with E-state index in [-0.39, 0.29) is 17.3 Å². The lowest BCUT2D eigenvalue weighted by molar-refractivity contribution is 0.586. The van der Waals surface area contributed by atoms with Crippen LogP contribution < -0.4 is 11.3 Å². The molecular weight excluding hydrogens is 331 g/mol. The third-order valence-electron chi connectivity index (χ3n) is 3.55. The highest BCUT2D eigenvalue weighted by atomic mass is 79.9. The topological polar surface area (TPSA) is 38.0 Å². The van der Waals surface area contributed by atoms with Gasteiger partial charge in [-0.3, -0.25) is 5.84 Å². The van der Waals surface area contributed by atoms with Crippen molar-refractivity contribution in [3.8, 4) is 0 Å². The molecule has 1 atom stereocenters. The first-order chi connectivity index (χ1) is 9.82. The SMILES string of the molecule is CC(C)(C)c1ccc(C(NN)c2ccc(Br)c(F)c2)cc1. The van der Waals surface area contributed by atoms with Crippen molar-refractivity contribution < 1.29 is 4.39 Å². The van der Waals surface area contributed by atoms with E-state index in [0.29, 0.717) is 4.47 Å². The molecule has 0 aromatic heterocycles. The molecule has 0 bridgehead atoms.